The van der Waals surface area contributed by atoms with Crippen LogP contribution in [0.5, 0.6) is 5.75 Å². The van der Waals surface area contributed by atoms with Gasteiger partial charge in [0.05, 0.1) is 18.8 Å². The normalized spacial score (nSPS) is 14.0. The zero-order chi connectivity index (χ0) is 12.8. The lowest BCUT2D eigenvalue weighted by atomic mass is 10.2. The predicted molar refractivity (Wildman–Crippen MR) is 66.5 cm³/mol. The summed E-state index contributed by atoms with van der Waals surface area (Å²) in [6.07, 6.45) is 0. The minimum Gasteiger partial charge on any atom is -0.496 e. The molecule has 94 valence electrons. The summed E-state index contributed by atoms with van der Waals surface area (Å²) in [5, 5.41) is 8.74. The van der Waals surface area contributed by atoms with Crippen molar-refractivity contribution in [1.82, 2.24) is 0 Å². The first-order chi connectivity index (χ1) is 8.04. The van der Waals surface area contributed by atoms with Gasteiger partial charge in [-0.15, -0.1) is 0 Å². The van der Waals surface area contributed by atoms with Gasteiger partial charge in [-0.1, -0.05) is 25.1 Å². The van der Waals surface area contributed by atoms with Crippen molar-refractivity contribution in [3.63, 3.8) is 0 Å². The van der Waals surface area contributed by atoms with Gasteiger partial charge in [-0.05, 0) is 6.07 Å². The van der Waals surface area contributed by atoms with E-state index < -0.39 is 22.7 Å². The highest BCUT2D eigenvalue weighted by molar-refractivity contribution is 7.84. The van der Waals surface area contributed by atoms with E-state index in [0.29, 0.717) is 11.5 Å². The molecule has 0 bridgehead atoms. The van der Waals surface area contributed by atoms with Crippen molar-refractivity contribution < 1.29 is 18.8 Å². The Hall–Kier alpha value is -1.36. The molecule has 1 rings (SSSR count). The van der Waals surface area contributed by atoms with Crippen molar-refractivity contribution in [2.24, 2.45) is 5.92 Å². The molecule has 1 N–H and O–H groups in total. The molecule has 0 saturated heterocycles. The molecule has 0 fully saturated rings. The standard InChI is InChI=1S/C12H16O4S/c1-9(12(13)14)7-17(15)8-10-5-3-4-6-11(10)16-2/h3-6,9H,7-8H2,1-2H3,(H,13,14). The zero-order valence-corrected chi connectivity index (χ0v) is 10.7. The largest absolute Gasteiger partial charge is 0.496 e. The number of hydrogen-bond acceptors (Lipinski definition) is 3. The number of rotatable bonds is 6. The molecule has 0 radical (unpaired) electrons. The number of benzene rings is 1. The summed E-state index contributed by atoms with van der Waals surface area (Å²) in [6, 6.07) is 7.32. The van der Waals surface area contributed by atoms with Crippen LogP contribution in [0.4, 0.5) is 0 Å². The highest BCUT2D eigenvalue weighted by Gasteiger charge is 2.15. The Morgan fingerprint density at radius 3 is 2.71 bits per heavy atom. The summed E-state index contributed by atoms with van der Waals surface area (Å²) in [6.45, 7) is 1.56. The molecule has 0 aromatic heterocycles. The van der Waals surface area contributed by atoms with Crippen molar-refractivity contribution in [3.8, 4) is 5.75 Å². The molecule has 2 atom stereocenters. The Bertz CT molecular complexity index is 417. The highest BCUT2D eigenvalue weighted by Crippen LogP contribution is 2.19. The zero-order valence-electron chi connectivity index (χ0n) is 9.88. The molecule has 0 aliphatic carbocycles. The van der Waals surface area contributed by atoms with E-state index in [1.807, 2.05) is 18.2 Å². The second kappa shape index (κ2) is 6.39. The molecule has 17 heavy (non-hydrogen) atoms. The first-order valence-corrected chi connectivity index (χ1v) is 6.73. The van der Waals surface area contributed by atoms with Crippen molar-refractivity contribution >= 4 is 16.8 Å². The topological polar surface area (TPSA) is 63.6 Å². The van der Waals surface area contributed by atoms with Crippen LogP contribution in [-0.4, -0.2) is 28.1 Å². The van der Waals surface area contributed by atoms with Crippen LogP contribution in [0.2, 0.25) is 0 Å². The Morgan fingerprint density at radius 1 is 1.47 bits per heavy atom. The van der Waals surface area contributed by atoms with Gasteiger partial charge in [0, 0.05) is 22.1 Å². The molecule has 0 amide bonds. The molecular weight excluding hydrogens is 240 g/mol. The third kappa shape index (κ3) is 4.19. The van der Waals surface area contributed by atoms with Gasteiger partial charge in [0.1, 0.15) is 5.75 Å². The van der Waals surface area contributed by atoms with Crippen LogP contribution in [0.25, 0.3) is 0 Å². The Morgan fingerprint density at radius 2 is 2.12 bits per heavy atom. The fourth-order valence-electron chi connectivity index (χ4n) is 1.40. The van der Waals surface area contributed by atoms with Crippen LogP contribution >= 0.6 is 0 Å². The number of para-hydroxylation sites is 1. The maximum atomic E-state index is 11.8. The van der Waals surface area contributed by atoms with E-state index >= 15 is 0 Å². The molecular formula is C12H16O4S. The van der Waals surface area contributed by atoms with Crippen LogP contribution in [0, 0.1) is 5.92 Å². The molecule has 0 heterocycles. The maximum absolute atomic E-state index is 11.8. The molecule has 0 spiro atoms. The predicted octanol–water partition coefficient (Wildman–Crippen LogP) is 1.66. The maximum Gasteiger partial charge on any atom is 0.307 e. The van der Waals surface area contributed by atoms with E-state index in [9.17, 15) is 9.00 Å². The molecule has 0 aliphatic heterocycles. The third-order valence-corrected chi connectivity index (χ3v) is 3.87. The minimum atomic E-state index is -1.19. The third-order valence-electron chi connectivity index (χ3n) is 2.37. The monoisotopic (exact) mass is 256 g/mol. The van der Waals surface area contributed by atoms with Gasteiger partial charge in [-0.3, -0.25) is 9.00 Å². The Balaban J connectivity index is 2.65. The second-order valence-electron chi connectivity index (χ2n) is 3.80. The van der Waals surface area contributed by atoms with Gasteiger partial charge < -0.3 is 9.84 Å². The molecule has 1 aromatic carbocycles. The van der Waals surface area contributed by atoms with Crippen molar-refractivity contribution in [1.29, 1.82) is 0 Å². The average Bonchev–Trinajstić information content (AvgIpc) is 2.29. The van der Waals surface area contributed by atoms with Crippen molar-refractivity contribution in [3.05, 3.63) is 29.8 Å². The van der Waals surface area contributed by atoms with Crippen LogP contribution < -0.4 is 4.74 Å². The summed E-state index contributed by atoms with van der Waals surface area (Å²) in [7, 11) is 0.363. The summed E-state index contributed by atoms with van der Waals surface area (Å²) in [4.78, 5) is 10.7. The lowest BCUT2D eigenvalue weighted by molar-refractivity contribution is -0.140. The van der Waals surface area contributed by atoms with Crippen molar-refractivity contribution in [2.45, 2.75) is 12.7 Å². The van der Waals surface area contributed by atoms with Crippen LogP contribution in [0.3, 0.4) is 0 Å². The fourth-order valence-corrected chi connectivity index (χ4v) is 2.81. The highest BCUT2D eigenvalue weighted by atomic mass is 32.2. The number of carbonyl (C=O) groups is 1. The number of ether oxygens (including phenoxy) is 1. The fraction of sp³-hybridized carbons (Fsp3) is 0.417. The van der Waals surface area contributed by atoms with E-state index in [1.165, 1.54) is 0 Å². The number of carboxylic acid groups (broad SMARTS) is 1. The molecule has 1 aromatic rings. The van der Waals surface area contributed by atoms with E-state index in [-0.39, 0.29) is 5.75 Å². The smallest absolute Gasteiger partial charge is 0.307 e. The SMILES string of the molecule is COc1ccccc1CS(=O)CC(C)C(=O)O. The summed E-state index contributed by atoms with van der Waals surface area (Å²) in [5.74, 6) is -0.345. The van der Waals surface area contributed by atoms with Gasteiger partial charge in [0.2, 0.25) is 0 Å². The van der Waals surface area contributed by atoms with Crippen LogP contribution in [0.15, 0.2) is 24.3 Å². The van der Waals surface area contributed by atoms with Gasteiger partial charge in [0.25, 0.3) is 0 Å². The minimum absolute atomic E-state index is 0.160. The van der Waals surface area contributed by atoms with E-state index in [4.69, 9.17) is 9.84 Å². The van der Waals surface area contributed by atoms with Gasteiger partial charge in [0.15, 0.2) is 0 Å². The summed E-state index contributed by atoms with van der Waals surface area (Å²) < 4.78 is 16.9. The van der Waals surface area contributed by atoms with Gasteiger partial charge in [-0.2, -0.15) is 0 Å². The first kappa shape index (κ1) is 13.7. The number of carboxylic acids is 1. The summed E-state index contributed by atoms with van der Waals surface area (Å²) in [5.41, 5.74) is 0.839. The summed E-state index contributed by atoms with van der Waals surface area (Å²) >= 11 is 0. The van der Waals surface area contributed by atoms with Gasteiger partial charge in [-0.25, -0.2) is 0 Å². The van der Waals surface area contributed by atoms with E-state index in [2.05, 4.69) is 0 Å². The molecule has 4 nitrogen and oxygen atoms in total. The quantitative estimate of drug-likeness (QED) is 0.840. The van der Waals surface area contributed by atoms with E-state index in [0.717, 1.165) is 5.56 Å². The lowest BCUT2D eigenvalue weighted by Crippen LogP contribution is -2.18. The molecule has 0 aliphatic rings. The molecule has 5 heteroatoms. The lowest BCUT2D eigenvalue weighted by Gasteiger charge is -2.09. The number of methoxy groups -OCH3 is 1. The molecule has 0 saturated carbocycles. The Kier molecular flexibility index (Phi) is 5.15. The molecule has 2 unspecified atom stereocenters. The first-order valence-electron chi connectivity index (χ1n) is 5.24. The van der Waals surface area contributed by atoms with E-state index in [1.54, 1.807) is 20.1 Å². The average molecular weight is 256 g/mol. The number of aliphatic carboxylic acids is 1. The van der Waals surface area contributed by atoms with Crippen LogP contribution in [0.1, 0.15) is 12.5 Å². The van der Waals surface area contributed by atoms with Crippen molar-refractivity contribution in [2.75, 3.05) is 12.9 Å². The second-order valence-corrected chi connectivity index (χ2v) is 5.30. The van der Waals surface area contributed by atoms with Gasteiger partial charge >= 0.3 is 5.97 Å². The number of hydrogen-bond donors (Lipinski definition) is 1. The Labute approximate surface area is 103 Å². The van der Waals surface area contributed by atoms with Crippen LogP contribution in [-0.2, 0) is 21.3 Å².